The zero-order chi connectivity index (χ0) is 13.4. The highest BCUT2D eigenvalue weighted by Gasteiger charge is 2.33. The van der Waals surface area contributed by atoms with Crippen molar-refractivity contribution in [2.45, 2.75) is 26.3 Å². The standard InChI is InChI=1S/C11H14F2N2O2/c1-11(2,3)15(10(16)17)9-6(12)4-5-7(14)8(9)13/h4-5H,14H2,1-3H3,(H,16,17). The number of carbonyl (C=O) groups is 1. The largest absolute Gasteiger partial charge is 0.465 e. The first-order chi connectivity index (χ1) is 7.66. The summed E-state index contributed by atoms with van der Waals surface area (Å²) in [5.74, 6) is -2.03. The van der Waals surface area contributed by atoms with Gasteiger partial charge in [-0.15, -0.1) is 0 Å². The molecule has 0 heterocycles. The number of hydrogen-bond acceptors (Lipinski definition) is 2. The van der Waals surface area contributed by atoms with Gasteiger partial charge in [0.05, 0.1) is 5.69 Å². The smallest absolute Gasteiger partial charge is 0.412 e. The van der Waals surface area contributed by atoms with E-state index >= 15 is 0 Å². The molecular formula is C11H14F2N2O2. The second kappa shape index (κ2) is 4.20. The van der Waals surface area contributed by atoms with Gasteiger partial charge in [-0.1, -0.05) is 0 Å². The Bertz CT molecular complexity index is 456. The summed E-state index contributed by atoms with van der Waals surface area (Å²) in [6.45, 7) is 4.59. The van der Waals surface area contributed by atoms with Crippen LogP contribution in [0.15, 0.2) is 12.1 Å². The van der Waals surface area contributed by atoms with Gasteiger partial charge < -0.3 is 10.8 Å². The first-order valence-electron chi connectivity index (χ1n) is 4.93. The lowest BCUT2D eigenvalue weighted by atomic mass is 10.0. The number of nitrogens with zero attached hydrogens (tertiary/aromatic N) is 1. The maximum atomic E-state index is 13.7. The molecule has 0 aliphatic heterocycles. The van der Waals surface area contributed by atoms with Crippen molar-refractivity contribution in [1.29, 1.82) is 0 Å². The normalized spacial score (nSPS) is 11.4. The third-order valence-corrected chi connectivity index (χ3v) is 2.18. The monoisotopic (exact) mass is 244 g/mol. The predicted octanol–water partition coefficient (Wildman–Crippen LogP) is 2.83. The Labute approximate surface area is 97.6 Å². The minimum Gasteiger partial charge on any atom is -0.465 e. The van der Waals surface area contributed by atoms with Crippen LogP contribution in [-0.2, 0) is 0 Å². The minimum absolute atomic E-state index is 0.295. The molecule has 0 saturated carbocycles. The van der Waals surface area contributed by atoms with Gasteiger partial charge >= 0.3 is 6.09 Å². The molecular weight excluding hydrogens is 230 g/mol. The van der Waals surface area contributed by atoms with Crippen LogP contribution in [0.3, 0.4) is 0 Å². The van der Waals surface area contributed by atoms with Crippen molar-refractivity contribution in [2.24, 2.45) is 0 Å². The van der Waals surface area contributed by atoms with E-state index in [0.29, 0.717) is 4.90 Å². The van der Waals surface area contributed by atoms with Crippen molar-refractivity contribution in [3.8, 4) is 0 Å². The second-order valence-corrected chi connectivity index (χ2v) is 4.59. The Morgan fingerprint density at radius 3 is 2.29 bits per heavy atom. The van der Waals surface area contributed by atoms with Crippen molar-refractivity contribution in [1.82, 2.24) is 0 Å². The quantitative estimate of drug-likeness (QED) is 0.746. The Morgan fingerprint density at radius 2 is 1.88 bits per heavy atom. The fourth-order valence-electron chi connectivity index (χ4n) is 1.48. The van der Waals surface area contributed by atoms with E-state index in [2.05, 4.69) is 0 Å². The van der Waals surface area contributed by atoms with Gasteiger partial charge in [0, 0.05) is 5.54 Å². The van der Waals surface area contributed by atoms with Crippen LogP contribution in [0, 0.1) is 11.6 Å². The van der Waals surface area contributed by atoms with E-state index in [1.54, 1.807) is 0 Å². The third kappa shape index (κ3) is 2.46. The number of nitrogen functional groups attached to an aromatic ring is 1. The molecule has 1 aromatic rings. The summed E-state index contributed by atoms with van der Waals surface area (Å²) in [5, 5.41) is 9.05. The zero-order valence-electron chi connectivity index (χ0n) is 9.79. The average Bonchev–Trinajstić information content (AvgIpc) is 2.16. The highest BCUT2D eigenvalue weighted by molar-refractivity contribution is 5.88. The molecule has 0 aliphatic rings. The van der Waals surface area contributed by atoms with E-state index in [9.17, 15) is 13.6 Å². The van der Waals surface area contributed by atoms with Crippen molar-refractivity contribution in [3.05, 3.63) is 23.8 Å². The third-order valence-electron chi connectivity index (χ3n) is 2.18. The van der Waals surface area contributed by atoms with Gasteiger partial charge in [-0.25, -0.2) is 13.6 Å². The first kappa shape index (κ1) is 13.2. The topological polar surface area (TPSA) is 66.6 Å². The van der Waals surface area contributed by atoms with E-state index < -0.39 is 29.0 Å². The van der Waals surface area contributed by atoms with Gasteiger partial charge in [-0.2, -0.15) is 0 Å². The number of amides is 1. The predicted molar refractivity (Wildman–Crippen MR) is 61.0 cm³/mol. The molecule has 0 saturated heterocycles. The molecule has 0 aliphatic carbocycles. The van der Waals surface area contributed by atoms with Crippen LogP contribution < -0.4 is 10.6 Å². The van der Waals surface area contributed by atoms with Crippen LogP contribution in [0.5, 0.6) is 0 Å². The SMILES string of the molecule is CC(C)(C)N(C(=O)O)c1c(F)ccc(N)c1F. The highest BCUT2D eigenvalue weighted by atomic mass is 19.1. The summed E-state index contributed by atoms with van der Waals surface area (Å²) in [7, 11) is 0. The molecule has 0 bridgehead atoms. The number of carboxylic acid groups (broad SMARTS) is 1. The second-order valence-electron chi connectivity index (χ2n) is 4.59. The number of anilines is 2. The number of benzene rings is 1. The summed E-state index contributed by atoms with van der Waals surface area (Å²) in [6.07, 6.45) is -1.44. The molecule has 6 heteroatoms. The van der Waals surface area contributed by atoms with E-state index in [-0.39, 0.29) is 5.69 Å². The minimum atomic E-state index is -1.44. The van der Waals surface area contributed by atoms with Gasteiger partial charge in [0.25, 0.3) is 0 Å². The van der Waals surface area contributed by atoms with E-state index in [4.69, 9.17) is 10.8 Å². The lowest BCUT2D eigenvalue weighted by Crippen LogP contribution is -2.46. The molecule has 1 rings (SSSR count). The zero-order valence-corrected chi connectivity index (χ0v) is 9.79. The highest BCUT2D eigenvalue weighted by Crippen LogP contribution is 2.32. The number of rotatable bonds is 1. The molecule has 0 atom stereocenters. The van der Waals surface area contributed by atoms with E-state index in [0.717, 1.165) is 12.1 Å². The van der Waals surface area contributed by atoms with Gasteiger partial charge in [0.2, 0.25) is 0 Å². The lowest BCUT2D eigenvalue weighted by molar-refractivity contribution is 0.195. The van der Waals surface area contributed by atoms with Crippen LogP contribution in [0.4, 0.5) is 25.0 Å². The molecule has 0 radical (unpaired) electrons. The summed E-state index contributed by atoms with van der Waals surface area (Å²) < 4.78 is 27.3. The summed E-state index contributed by atoms with van der Waals surface area (Å²) in [6, 6.07) is 1.99. The molecule has 0 unspecified atom stereocenters. The van der Waals surface area contributed by atoms with Crippen LogP contribution in [0.2, 0.25) is 0 Å². The number of nitrogens with two attached hydrogens (primary N) is 1. The Balaban J connectivity index is 3.49. The molecule has 17 heavy (non-hydrogen) atoms. The fraction of sp³-hybridized carbons (Fsp3) is 0.364. The Hall–Kier alpha value is -1.85. The maximum absolute atomic E-state index is 13.7. The van der Waals surface area contributed by atoms with Crippen molar-refractivity contribution < 1.29 is 18.7 Å². The van der Waals surface area contributed by atoms with Gasteiger partial charge in [0.1, 0.15) is 11.5 Å². The lowest BCUT2D eigenvalue weighted by Gasteiger charge is -2.33. The van der Waals surface area contributed by atoms with Crippen LogP contribution in [0.1, 0.15) is 20.8 Å². The summed E-state index contributed by atoms with van der Waals surface area (Å²) >= 11 is 0. The summed E-state index contributed by atoms with van der Waals surface area (Å²) in [5.41, 5.74) is 3.38. The molecule has 0 fully saturated rings. The number of halogens is 2. The fourth-order valence-corrected chi connectivity index (χ4v) is 1.48. The summed E-state index contributed by atoms with van der Waals surface area (Å²) in [4.78, 5) is 11.7. The first-order valence-corrected chi connectivity index (χ1v) is 4.93. The molecule has 94 valence electrons. The maximum Gasteiger partial charge on any atom is 0.412 e. The molecule has 3 N–H and O–H groups in total. The van der Waals surface area contributed by atoms with Crippen molar-refractivity contribution >= 4 is 17.5 Å². The molecule has 1 aromatic carbocycles. The molecule has 1 amide bonds. The Morgan fingerprint density at radius 1 is 1.35 bits per heavy atom. The van der Waals surface area contributed by atoms with E-state index in [1.165, 1.54) is 20.8 Å². The van der Waals surface area contributed by atoms with Crippen molar-refractivity contribution in [2.75, 3.05) is 10.6 Å². The Kier molecular flexibility index (Phi) is 3.26. The average molecular weight is 244 g/mol. The van der Waals surface area contributed by atoms with Crippen LogP contribution in [-0.4, -0.2) is 16.7 Å². The van der Waals surface area contributed by atoms with Crippen LogP contribution >= 0.6 is 0 Å². The van der Waals surface area contributed by atoms with Gasteiger partial charge in [0.15, 0.2) is 5.82 Å². The molecule has 0 aromatic heterocycles. The van der Waals surface area contributed by atoms with Crippen LogP contribution in [0.25, 0.3) is 0 Å². The molecule has 0 spiro atoms. The van der Waals surface area contributed by atoms with Gasteiger partial charge in [-0.05, 0) is 32.9 Å². The van der Waals surface area contributed by atoms with Gasteiger partial charge in [-0.3, -0.25) is 4.90 Å². The molecule has 4 nitrogen and oxygen atoms in total. The van der Waals surface area contributed by atoms with Crippen molar-refractivity contribution in [3.63, 3.8) is 0 Å². The number of hydrogen-bond donors (Lipinski definition) is 2. The van der Waals surface area contributed by atoms with E-state index in [1.807, 2.05) is 0 Å².